The quantitative estimate of drug-likeness (QED) is 0.725. The number of nitrogens with one attached hydrogen (secondary N) is 1. The minimum Gasteiger partial charge on any atom is -0.461 e. The van der Waals surface area contributed by atoms with Crippen molar-refractivity contribution >= 4 is 16.9 Å². The molecule has 2 aromatic rings. The number of fused-ring (bicyclic) bond motifs is 1. The molecule has 162 valence electrons. The van der Waals surface area contributed by atoms with E-state index in [-0.39, 0.29) is 39.0 Å². The van der Waals surface area contributed by atoms with Gasteiger partial charge in [0.1, 0.15) is 17.0 Å². The molecule has 0 amide bonds. The number of aryl methyl sites for hydroxylation is 1. The number of benzene rings is 1. The summed E-state index contributed by atoms with van der Waals surface area (Å²) in [6.45, 7) is 5.85. The third-order valence-corrected chi connectivity index (χ3v) is 4.75. The van der Waals surface area contributed by atoms with Crippen LogP contribution in [0, 0.1) is 18.3 Å². The SMILES string of the molecule is CC1=C(C#N)C(c2cccc3c(=O)cc(C)oc23)C(C(=O)OC(C)C)=C(C(F)(F)F)N1. The first-order valence-corrected chi connectivity index (χ1v) is 9.39. The van der Waals surface area contributed by atoms with E-state index < -0.39 is 35.4 Å². The van der Waals surface area contributed by atoms with Gasteiger partial charge in [0.2, 0.25) is 0 Å². The number of rotatable bonds is 3. The van der Waals surface area contributed by atoms with Crippen LogP contribution in [-0.2, 0) is 9.53 Å². The number of para-hydroxylation sites is 1. The molecule has 0 spiro atoms. The van der Waals surface area contributed by atoms with Crippen LogP contribution < -0.4 is 10.7 Å². The summed E-state index contributed by atoms with van der Waals surface area (Å²) in [6, 6.07) is 7.52. The van der Waals surface area contributed by atoms with Crippen LogP contribution in [0.1, 0.15) is 38.0 Å². The predicted molar refractivity (Wildman–Crippen MR) is 106 cm³/mol. The Bertz CT molecular complexity index is 1230. The van der Waals surface area contributed by atoms with E-state index in [0.717, 1.165) is 0 Å². The molecule has 2 heterocycles. The minimum atomic E-state index is -4.92. The number of nitriles is 1. The van der Waals surface area contributed by atoms with Crippen molar-refractivity contribution in [2.75, 3.05) is 0 Å². The number of hydrogen-bond acceptors (Lipinski definition) is 6. The van der Waals surface area contributed by atoms with E-state index >= 15 is 0 Å². The van der Waals surface area contributed by atoms with E-state index in [1.165, 1.54) is 52.0 Å². The second kappa shape index (κ2) is 7.95. The van der Waals surface area contributed by atoms with Gasteiger partial charge in [-0.3, -0.25) is 4.79 Å². The molecular formula is C22H19F3N2O4. The lowest BCUT2D eigenvalue weighted by molar-refractivity contribution is -0.144. The van der Waals surface area contributed by atoms with Gasteiger partial charge in [0.15, 0.2) is 5.43 Å². The maximum Gasteiger partial charge on any atom is 0.431 e. The molecule has 0 saturated carbocycles. The van der Waals surface area contributed by atoms with Gasteiger partial charge < -0.3 is 14.5 Å². The molecule has 0 radical (unpaired) electrons. The Morgan fingerprint density at radius 2 is 1.97 bits per heavy atom. The van der Waals surface area contributed by atoms with Crippen molar-refractivity contribution in [2.45, 2.75) is 45.9 Å². The van der Waals surface area contributed by atoms with E-state index in [1.807, 2.05) is 6.07 Å². The number of dihydropyridines is 1. The Morgan fingerprint density at radius 3 is 2.55 bits per heavy atom. The van der Waals surface area contributed by atoms with Crippen LogP contribution in [0.4, 0.5) is 13.2 Å². The van der Waals surface area contributed by atoms with Crippen LogP contribution in [0.5, 0.6) is 0 Å². The summed E-state index contributed by atoms with van der Waals surface area (Å²) in [5.41, 5.74) is -2.54. The summed E-state index contributed by atoms with van der Waals surface area (Å²) in [5, 5.41) is 12.0. The molecule has 1 aliphatic heterocycles. The lowest BCUT2D eigenvalue weighted by Crippen LogP contribution is -2.37. The van der Waals surface area contributed by atoms with Crippen LogP contribution in [-0.4, -0.2) is 18.2 Å². The minimum absolute atomic E-state index is 0.0105. The van der Waals surface area contributed by atoms with Crippen molar-refractivity contribution in [1.29, 1.82) is 5.26 Å². The number of alkyl halides is 3. The zero-order valence-corrected chi connectivity index (χ0v) is 17.2. The lowest BCUT2D eigenvalue weighted by atomic mass is 9.80. The highest BCUT2D eigenvalue weighted by atomic mass is 19.4. The van der Waals surface area contributed by atoms with Gasteiger partial charge in [-0.05, 0) is 33.8 Å². The van der Waals surface area contributed by atoms with Crippen LogP contribution in [0.3, 0.4) is 0 Å². The zero-order valence-electron chi connectivity index (χ0n) is 17.2. The summed E-state index contributed by atoms with van der Waals surface area (Å²) >= 11 is 0. The molecule has 0 fully saturated rings. The van der Waals surface area contributed by atoms with Crippen molar-refractivity contribution in [3.05, 3.63) is 68.4 Å². The average molecular weight is 432 g/mol. The lowest BCUT2D eigenvalue weighted by Gasteiger charge is -2.31. The van der Waals surface area contributed by atoms with Crippen molar-refractivity contribution in [2.24, 2.45) is 0 Å². The van der Waals surface area contributed by atoms with Gasteiger partial charge in [-0.15, -0.1) is 0 Å². The number of esters is 1. The fourth-order valence-electron chi connectivity index (χ4n) is 3.55. The highest BCUT2D eigenvalue weighted by molar-refractivity contribution is 5.95. The summed E-state index contributed by atoms with van der Waals surface area (Å²) in [7, 11) is 0. The van der Waals surface area contributed by atoms with Crippen molar-refractivity contribution in [1.82, 2.24) is 5.32 Å². The smallest absolute Gasteiger partial charge is 0.431 e. The first-order valence-electron chi connectivity index (χ1n) is 9.39. The van der Waals surface area contributed by atoms with Gasteiger partial charge in [-0.1, -0.05) is 12.1 Å². The normalized spacial score (nSPS) is 17.1. The van der Waals surface area contributed by atoms with E-state index in [9.17, 15) is 28.0 Å². The van der Waals surface area contributed by atoms with Crippen LogP contribution in [0.15, 0.2) is 56.0 Å². The van der Waals surface area contributed by atoms with Crippen LogP contribution >= 0.6 is 0 Å². The Balaban J connectivity index is 2.43. The third kappa shape index (κ3) is 4.06. The number of allylic oxidation sites excluding steroid dienone is 3. The molecule has 1 atom stereocenters. The fraction of sp³-hybridized carbons (Fsp3) is 0.318. The monoisotopic (exact) mass is 432 g/mol. The molecule has 6 nitrogen and oxygen atoms in total. The van der Waals surface area contributed by atoms with Gasteiger partial charge in [-0.25, -0.2) is 4.79 Å². The van der Waals surface area contributed by atoms with E-state index in [0.29, 0.717) is 0 Å². The van der Waals surface area contributed by atoms with Gasteiger partial charge in [-0.2, -0.15) is 18.4 Å². The first kappa shape index (κ1) is 22.2. The number of ether oxygens (including phenoxy) is 1. The molecule has 0 saturated heterocycles. The van der Waals surface area contributed by atoms with Gasteiger partial charge >= 0.3 is 12.1 Å². The predicted octanol–water partition coefficient (Wildman–Crippen LogP) is 4.35. The van der Waals surface area contributed by atoms with E-state index in [4.69, 9.17) is 9.15 Å². The molecule has 1 N–H and O–H groups in total. The van der Waals surface area contributed by atoms with E-state index in [1.54, 1.807) is 0 Å². The number of halogens is 3. The summed E-state index contributed by atoms with van der Waals surface area (Å²) < 4.78 is 52.5. The molecule has 0 bridgehead atoms. The molecule has 1 aromatic carbocycles. The highest BCUT2D eigenvalue weighted by Crippen LogP contribution is 2.44. The van der Waals surface area contributed by atoms with Crippen molar-refractivity contribution < 1.29 is 27.1 Å². The molecule has 1 aliphatic rings. The zero-order chi connectivity index (χ0) is 23.1. The number of hydrogen-bond donors (Lipinski definition) is 1. The molecule has 31 heavy (non-hydrogen) atoms. The number of carbonyl (C=O) groups excluding carboxylic acids is 1. The maximum atomic E-state index is 13.9. The highest BCUT2D eigenvalue weighted by Gasteiger charge is 2.46. The Labute approximate surface area is 175 Å². The maximum absolute atomic E-state index is 13.9. The Hall–Kier alpha value is -3.54. The van der Waals surface area contributed by atoms with Crippen molar-refractivity contribution in [3.8, 4) is 6.07 Å². The van der Waals surface area contributed by atoms with Crippen molar-refractivity contribution in [3.63, 3.8) is 0 Å². The standard InChI is InChI=1S/C22H19F3N2O4/c1-10(2)30-21(29)18-17(15(9-26)12(4)27-20(18)22(23,24)25)14-7-5-6-13-16(28)8-11(3)31-19(13)14/h5-8,10,17,27H,1-4H3. The molecule has 3 rings (SSSR count). The second-order valence-corrected chi connectivity index (χ2v) is 7.39. The fourth-order valence-corrected chi connectivity index (χ4v) is 3.55. The topological polar surface area (TPSA) is 92.3 Å². The molecule has 1 unspecified atom stereocenters. The van der Waals surface area contributed by atoms with Gasteiger partial charge in [0.25, 0.3) is 0 Å². The second-order valence-electron chi connectivity index (χ2n) is 7.39. The third-order valence-electron chi connectivity index (χ3n) is 4.75. The molecular weight excluding hydrogens is 413 g/mol. The molecule has 9 heteroatoms. The first-order chi connectivity index (χ1) is 14.5. The van der Waals surface area contributed by atoms with Gasteiger partial charge in [0, 0.05) is 17.3 Å². The number of carbonyl (C=O) groups is 1. The van der Waals surface area contributed by atoms with E-state index in [2.05, 4.69) is 5.32 Å². The summed E-state index contributed by atoms with van der Waals surface area (Å²) in [4.78, 5) is 25.2. The summed E-state index contributed by atoms with van der Waals surface area (Å²) in [6.07, 6.45) is -5.62. The average Bonchev–Trinajstić information content (AvgIpc) is 2.65. The Morgan fingerprint density at radius 1 is 1.29 bits per heavy atom. The summed E-state index contributed by atoms with van der Waals surface area (Å²) in [5.74, 6) is -2.42. The van der Waals surface area contributed by atoms with Gasteiger partial charge in [0.05, 0.1) is 34.6 Å². The van der Waals surface area contributed by atoms with Crippen LogP contribution in [0.2, 0.25) is 0 Å². The number of nitrogens with zero attached hydrogens (tertiary/aromatic N) is 1. The Kier molecular flexibility index (Phi) is 5.68. The van der Waals surface area contributed by atoms with Crippen LogP contribution in [0.25, 0.3) is 11.0 Å². The molecule has 0 aliphatic carbocycles. The largest absolute Gasteiger partial charge is 0.461 e. The molecule has 1 aromatic heterocycles.